The zero-order chi connectivity index (χ0) is 45.6. The quantitative estimate of drug-likeness (QED) is 0.0112. The molecule has 0 aliphatic carbocycles. The number of ketones is 1. The Hall–Kier alpha value is -7.98. The van der Waals surface area contributed by atoms with E-state index in [2.05, 4.69) is 4.74 Å². The van der Waals surface area contributed by atoms with Gasteiger partial charge in [0.15, 0.2) is 40.6 Å². The molecule has 0 saturated heterocycles. The number of hydrogen-bond donors (Lipinski definition) is 2. The first kappa shape index (κ1) is 54.0. The number of ether oxygens (including phenoxy) is 3. The van der Waals surface area contributed by atoms with Gasteiger partial charge in [0.2, 0.25) is 17.0 Å². The first-order valence-electron chi connectivity index (χ1n) is 17.0. The standard InChI is InChI=1S/C18H10F2N2O6.C14H13F4NO3.C6H6N2O3.3CH4/c1-2-27-18(24)10-7-21-12-5-8(22(25)26)3-4-13(12)28-17-14(20)11(19)6-9(15(17)21)16(10)23;1-4-22-14(21)8(6-19(2)3)13(20)7-5-9(15)11(17)12(18)10(7)16;7-5-3-4(8(10)11)1-2-6(5)9;;;/h3-7H,2H2,1H3;5-6H,4H2,1-3H3;1-3,9H,7H2;3*1H4/b;8-6-;;;;. The lowest BCUT2D eigenvalue weighted by Gasteiger charge is -2.24. The van der Waals surface area contributed by atoms with Crippen molar-refractivity contribution in [2.75, 3.05) is 33.0 Å². The van der Waals surface area contributed by atoms with Gasteiger partial charge in [-0.2, -0.15) is 4.39 Å². The summed E-state index contributed by atoms with van der Waals surface area (Å²) in [6, 6.07) is 7.81. The van der Waals surface area contributed by atoms with Crippen molar-refractivity contribution in [3.05, 3.63) is 143 Å². The van der Waals surface area contributed by atoms with E-state index in [1.165, 1.54) is 48.7 Å². The molecule has 6 rings (SSSR count). The van der Waals surface area contributed by atoms with Gasteiger partial charge in [0.1, 0.15) is 22.4 Å². The summed E-state index contributed by atoms with van der Waals surface area (Å²) in [4.78, 5) is 70.0. The lowest BCUT2D eigenvalue weighted by Crippen LogP contribution is -2.22. The number of halogens is 6. The molecule has 0 bridgehead atoms. The third-order valence-corrected chi connectivity index (χ3v) is 7.96. The minimum Gasteiger partial charge on any atom is -0.506 e. The molecule has 344 valence electrons. The lowest BCUT2D eigenvalue weighted by atomic mass is 10.0. The van der Waals surface area contributed by atoms with E-state index in [4.69, 9.17) is 20.3 Å². The largest absolute Gasteiger partial charge is 0.506 e. The minimum absolute atomic E-state index is 0. The predicted molar refractivity (Wildman–Crippen MR) is 221 cm³/mol. The molecular formula is C41H41F6N5O12. The molecule has 1 aromatic heterocycles. The van der Waals surface area contributed by atoms with Crippen molar-refractivity contribution in [2.45, 2.75) is 36.1 Å². The van der Waals surface area contributed by atoms with E-state index in [1.807, 2.05) is 0 Å². The molecule has 0 fully saturated rings. The van der Waals surface area contributed by atoms with Gasteiger partial charge in [0, 0.05) is 50.8 Å². The summed E-state index contributed by atoms with van der Waals surface area (Å²) in [6.07, 6.45) is 2.09. The molecule has 1 aliphatic heterocycles. The Kier molecular flexibility index (Phi) is 18.8. The maximum absolute atomic E-state index is 14.3. The molecule has 23 heteroatoms. The van der Waals surface area contributed by atoms with Crippen LogP contribution in [0.3, 0.4) is 0 Å². The number of aromatic nitrogens is 1. The number of fused-ring (bicyclic) bond motifs is 2. The van der Waals surface area contributed by atoms with Crippen LogP contribution in [0.4, 0.5) is 43.4 Å². The molecule has 0 radical (unpaired) electrons. The second-order valence-electron chi connectivity index (χ2n) is 12.3. The molecule has 0 amide bonds. The van der Waals surface area contributed by atoms with Crippen LogP contribution in [0.25, 0.3) is 16.6 Å². The fourth-order valence-electron chi connectivity index (χ4n) is 5.25. The third-order valence-electron chi connectivity index (χ3n) is 7.96. The average Bonchev–Trinajstić information content (AvgIpc) is 3.21. The molecule has 4 aromatic carbocycles. The van der Waals surface area contributed by atoms with Crippen LogP contribution < -0.4 is 15.9 Å². The fraction of sp³-hybridized carbons (Fsp3) is 0.220. The van der Waals surface area contributed by atoms with Crippen molar-refractivity contribution in [3.8, 4) is 22.9 Å². The molecule has 64 heavy (non-hydrogen) atoms. The molecule has 1 aliphatic rings. The molecule has 2 heterocycles. The number of rotatable bonds is 9. The van der Waals surface area contributed by atoms with Crippen LogP contribution in [0, 0.1) is 55.1 Å². The van der Waals surface area contributed by atoms with Gasteiger partial charge in [-0.3, -0.25) is 29.8 Å². The summed E-state index contributed by atoms with van der Waals surface area (Å²) in [7, 11) is 2.93. The van der Waals surface area contributed by atoms with E-state index in [9.17, 15) is 65.7 Å². The van der Waals surface area contributed by atoms with Gasteiger partial charge in [-0.1, -0.05) is 22.3 Å². The highest BCUT2D eigenvalue weighted by Crippen LogP contribution is 2.43. The summed E-state index contributed by atoms with van der Waals surface area (Å²) in [5.74, 6) is -14.5. The number of pyridine rings is 1. The summed E-state index contributed by atoms with van der Waals surface area (Å²) in [6.45, 7) is 2.95. The summed E-state index contributed by atoms with van der Waals surface area (Å²) >= 11 is 0. The van der Waals surface area contributed by atoms with E-state index in [-0.39, 0.29) is 86.7 Å². The van der Waals surface area contributed by atoms with Crippen molar-refractivity contribution in [1.82, 2.24) is 9.47 Å². The number of nitro groups is 2. The van der Waals surface area contributed by atoms with Crippen LogP contribution in [-0.2, 0) is 14.3 Å². The number of esters is 2. The number of anilines is 1. The van der Waals surface area contributed by atoms with Crippen LogP contribution in [0.15, 0.2) is 71.3 Å². The Morgan fingerprint density at radius 3 is 1.92 bits per heavy atom. The topological polar surface area (TPSA) is 237 Å². The van der Waals surface area contributed by atoms with E-state index >= 15 is 0 Å². The number of nitrogens with two attached hydrogens (primary N) is 1. The zero-order valence-electron chi connectivity index (χ0n) is 31.8. The second-order valence-corrected chi connectivity index (χ2v) is 12.3. The van der Waals surface area contributed by atoms with Crippen molar-refractivity contribution >= 4 is 45.7 Å². The summed E-state index contributed by atoms with van der Waals surface area (Å²) in [5, 5.41) is 29.8. The Labute approximate surface area is 359 Å². The van der Waals surface area contributed by atoms with E-state index in [0.29, 0.717) is 6.07 Å². The molecule has 0 atom stereocenters. The van der Waals surface area contributed by atoms with Crippen molar-refractivity contribution in [2.24, 2.45) is 0 Å². The number of nitrogens with zero attached hydrogens (tertiary/aromatic N) is 4. The molecule has 17 nitrogen and oxygen atoms in total. The molecular weight excluding hydrogens is 868 g/mol. The van der Waals surface area contributed by atoms with E-state index in [1.54, 1.807) is 6.92 Å². The molecule has 3 N–H and O–H groups in total. The highest BCUT2D eigenvalue weighted by Gasteiger charge is 2.31. The normalized spacial score (nSPS) is 10.6. The average molecular weight is 910 g/mol. The number of nitro benzene ring substituents is 2. The number of nitrogen functional groups attached to an aromatic ring is 1. The maximum Gasteiger partial charge on any atom is 0.343 e. The Morgan fingerprint density at radius 2 is 1.38 bits per heavy atom. The Balaban J connectivity index is 0.000000510. The number of benzene rings is 4. The fourth-order valence-corrected chi connectivity index (χ4v) is 5.25. The van der Waals surface area contributed by atoms with E-state index < -0.39 is 90.4 Å². The van der Waals surface area contributed by atoms with Crippen molar-refractivity contribution < 1.29 is 69.9 Å². The number of carbonyl (C=O) groups is 3. The SMILES string of the molecule is C.C.C.CCOC(=O)/C(=C\N(C)C)C(=O)c1cc(F)c(F)c(F)c1F.CCOC(=O)c1cn2c3c(c(F)c(F)cc3c1=O)Oc1ccc([N+](=O)[O-])cc1-2.Nc1cc([N+](=O)[O-])ccc1O. The first-order valence-corrected chi connectivity index (χ1v) is 17.0. The Bertz CT molecular complexity index is 2730. The van der Waals surface area contributed by atoms with Crippen LogP contribution in [0.2, 0.25) is 0 Å². The lowest BCUT2D eigenvalue weighted by molar-refractivity contribution is -0.385. The highest BCUT2D eigenvalue weighted by molar-refractivity contribution is 6.24. The van der Waals surface area contributed by atoms with Gasteiger partial charge in [-0.25, -0.2) is 31.5 Å². The summed E-state index contributed by atoms with van der Waals surface area (Å²) < 4.78 is 97.4. The molecule has 5 aromatic rings. The first-order chi connectivity index (χ1) is 28.6. The number of phenols is 1. The molecule has 0 saturated carbocycles. The number of non-ortho nitro benzene ring substituents is 2. The van der Waals surface area contributed by atoms with Gasteiger partial charge in [0.05, 0.1) is 45.4 Å². The van der Waals surface area contributed by atoms with Gasteiger partial charge in [-0.05, 0) is 38.1 Å². The number of Topliss-reactive ketones (excluding diaryl/α,β-unsaturated/α-hetero) is 1. The van der Waals surface area contributed by atoms with Crippen LogP contribution >= 0.6 is 0 Å². The van der Waals surface area contributed by atoms with Gasteiger partial charge >= 0.3 is 11.9 Å². The summed E-state index contributed by atoms with van der Waals surface area (Å²) in [5.41, 5.74) is 1.70. The smallest absolute Gasteiger partial charge is 0.343 e. The predicted octanol–water partition coefficient (Wildman–Crippen LogP) is 8.68. The van der Waals surface area contributed by atoms with Crippen molar-refractivity contribution in [1.29, 1.82) is 0 Å². The number of carbonyl (C=O) groups excluding carboxylic acids is 3. The monoisotopic (exact) mass is 909 g/mol. The van der Waals surface area contributed by atoms with Crippen molar-refractivity contribution in [3.63, 3.8) is 0 Å². The van der Waals surface area contributed by atoms with Crippen LogP contribution in [-0.4, -0.2) is 69.5 Å². The number of hydrogen-bond acceptors (Lipinski definition) is 14. The number of aromatic hydroxyl groups is 1. The highest BCUT2D eigenvalue weighted by atomic mass is 19.2. The Morgan fingerprint density at radius 1 is 0.812 bits per heavy atom. The van der Waals surface area contributed by atoms with Crippen LogP contribution in [0.5, 0.6) is 17.2 Å². The molecule has 0 spiro atoms. The van der Waals surface area contributed by atoms with Crippen LogP contribution in [0.1, 0.15) is 56.8 Å². The third kappa shape index (κ3) is 11.3. The maximum atomic E-state index is 14.3. The number of phenolic OH excluding ortho intramolecular Hbond substituents is 1. The van der Waals surface area contributed by atoms with Gasteiger partial charge < -0.3 is 34.5 Å². The molecule has 0 unspecified atom stereocenters. The second kappa shape index (κ2) is 22.2. The van der Waals surface area contributed by atoms with E-state index in [0.717, 1.165) is 30.6 Å². The van der Waals surface area contributed by atoms with Gasteiger partial charge in [-0.15, -0.1) is 0 Å². The minimum atomic E-state index is -2.13. The van der Waals surface area contributed by atoms with Gasteiger partial charge in [0.25, 0.3) is 11.4 Å². The zero-order valence-corrected chi connectivity index (χ0v) is 31.8.